The van der Waals surface area contributed by atoms with Gasteiger partial charge in [0.05, 0.1) is 18.0 Å². The molecule has 1 aromatic carbocycles. The van der Waals surface area contributed by atoms with E-state index in [1.54, 1.807) is 17.1 Å². The van der Waals surface area contributed by atoms with Crippen LogP contribution in [-0.4, -0.2) is 40.7 Å². The standard InChI is InChI=1S/C16H18N4O3/c1-10(21)19-15(12-2-4-13(5-3-12)20(22)23)16-14(17-19)11-6-8-18(16)9-7-11/h2-5,11,15-16H,6-9H2,1H3/p+1/t15-,16+/m0/s1. The van der Waals surface area contributed by atoms with Gasteiger partial charge in [-0.1, -0.05) is 0 Å². The lowest BCUT2D eigenvalue weighted by Gasteiger charge is -2.42. The number of nitro groups is 1. The highest BCUT2D eigenvalue weighted by Crippen LogP contribution is 2.36. The highest BCUT2D eigenvalue weighted by Gasteiger charge is 2.53. The van der Waals surface area contributed by atoms with Gasteiger partial charge in [0.25, 0.3) is 5.69 Å². The third kappa shape index (κ3) is 2.15. The Labute approximate surface area is 133 Å². The van der Waals surface area contributed by atoms with E-state index in [2.05, 4.69) is 5.10 Å². The van der Waals surface area contributed by atoms with Gasteiger partial charge in [-0.3, -0.25) is 14.9 Å². The molecule has 2 bridgehead atoms. The van der Waals surface area contributed by atoms with Crippen LogP contribution in [0.2, 0.25) is 0 Å². The lowest BCUT2D eigenvalue weighted by atomic mass is 9.78. The first kappa shape index (κ1) is 14.3. The van der Waals surface area contributed by atoms with Crippen LogP contribution >= 0.6 is 0 Å². The van der Waals surface area contributed by atoms with Crippen molar-refractivity contribution in [3.63, 3.8) is 0 Å². The van der Waals surface area contributed by atoms with E-state index in [1.165, 1.54) is 24.0 Å². The van der Waals surface area contributed by atoms with Crippen molar-refractivity contribution < 1.29 is 14.6 Å². The minimum absolute atomic E-state index is 0.0695. The smallest absolute Gasteiger partial charge is 0.269 e. The zero-order chi connectivity index (χ0) is 16.1. The SMILES string of the molecule is CC(=O)N1N=C2C3CC[NH+](CC3)[C@H]2[C@@H]1c1ccc([N+](=O)[O-])cc1. The molecule has 120 valence electrons. The Kier molecular flexibility index (Phi) is 3.19. The second kappa shape index (κ2) is 5.13. The Bertz CT molecular complexity index is 692. The summed E-state index contributed by atoms with van der Waals surface area (Å²) in [6.45, 7) is 3.76. The maximum atomic E-state index is 12.1. The molecule has 1 amide bonds. The minimum atomic E-state index is -0.402. The number of hydrogen-bond acceptors (Lipinski definition) is 4. The molecule has 0 aromatic heterocycles. The first-order valence-electron chi connectivity index (χ1n) is 8.03. The number of nitrogens with one attached hydrogen (secondary N) is 1. The second-order valence-corrected chi connectivity index (χ2v) is 6.59. The zero-order valence-electron chi connectivity index (χ0n) is 12.9. The Morgan fingerprint density at radius 3 is 2.52 bits per heavy atom. The largest absolute Gasteiger partial charge is 0.326 e. The molecule has 0 spiro atoms. The Morgan fingerprint density at radius 2 is 1.96 bits per heavy atom. The average Bonchev–Trinajstić information content (AvgIpc) is 2.99. The van der Waals surface area contributed by atoms with Gasteiger partial charge in [-0.15, -0.1) is 0 Å². The number of non-ortho nitro benzene ring substituents is 1. The van der Waals surface area contributed by atoms with Crippen molar-refractivity contribution in [3.05, 3.63) is 39.9 Å². The molecule has 3 fully saturated rings. The van der Waals surface area contributed by atoms with Crippen molar-refractivity contribution >= 4 is 17.3 Å². The average molecular weight is 315 g/mol. The van der Waals surface area contributed by atoms with Gasteiger partial charge in [0.1, 0.15) is 11.8 Å². The molecule has 3 saturated heterocycles. The molecule has 0 saturated carbocycles. The first-order valence-corrected chi connectivity index (χ1v) is 8.03. The molecule has 2 atom stereocenters. The quantitative estimate of drug-likeness (QED) is 0.638. The molecule has 7 heteroatoms. The van der Waals surface area contributed by atoms with E-state index < -0.39 is 4.92 Å². The third-order valence-electron chi connectivity index (χ3n) is 5.38. The minimum Gasteiger partial charge on any atom is -0.326 e. The summed E-state index contributed by atoms with van der Waals surface area (Å²) >= 11 is 0. The molecular weight excluding hydrogens is 296 g/mol. The molecule has 0 aliphatic carbocycles. The van der Waals surface area contributed by atoms with Crippen LogP contribution in [0.15, 0.2) is 29.4 Å². The summed E-state index contributed by atoms with van der Waals surface area (Å²) in [5.74, 6) is 0.414. The van der Waals surface area contributed by atoms with Crippen molar-refractivity contribution in [2.45, 2.75) is 31.8 Å². The van der Waals surface area contributed by atoms with Gasteiger partial charge in [0, 0.05) is 37.8 Å². The van der Waals surface area contributed by atoms with Crippen molar-refractivity contribution in [1.82, 2.24) is 5.01 Å². The monoisotopic (exact) mass is 315 g/mol. The van der Waals surface area contributed by atoms with E-state index in [9.17, 15) is 14.9 Å². The van der Waals surface area contributed by atoms with Gasteiger partial charge in [0.15, 0.2) is 6.04 Å². The summed E-state index contributed by atoms with van der Waals surface area (Å²) in [4.78, 5) is 24.0. The molecule has 0 unspecified atom stereocenters. The number of hydrogen-bond donors (Lipinski definition) is 1. The van der Waals surface area contributed by atoms with Crippen LogP contribution < -0.4 is 4.90 Å². The Morgan fingerprint density at radius 1 is 1.30 bits per heavy atom. The van der Waals surface area contributed by atoms with Crippen LogP contribution in [0.25, 0.3) is 0 Å². The lowest BCUT2D eigenvalue weighted by molar-refractivity contribution is -0.927. The molecule has 4 heterocycles. The van der Waals surface area contributed by atoms with Crippen LogP contribution in [0.3, 0.4) is 0 Å². The van der Waals surface area contributed by atoms with E-state index in [4.69, 9.17) is 0 Å². The van der Waals surface area contributed by atoms with Crippen molar-refractivity contribution in [2.24, 2.45) is 11.0 Å². The zero-order valence-corrected chi connectivity index (χ0v) is 12.9. The predicted octanol–water partition coefficient (Wildman–Crippen LogP) is 0.531. The number of carbonyl (C=O) groups is 1. The highest BCUT2D eigenvalue weighted by molar-refractivity contribution is 5.95. The normalized spacial score (nSPS) is 31.7. The van der Waals surface area contributed by atoms with Crippen molar-refractivity contribution in [2.75, 3.05) is 13.1 Å². The number of rotatable bonds is 2. The topological polar surface area (TPSA) is 80.2 Å². The third-order valence-corrected chi connectivity index (χ3v) is 5.38. The van der Waals surface area contributed by atoms with E-state index >= 15 is 0 Å². The second-order valence-electron chi connectivity index (χ2n) is 6.59. The van der Waals surface area contributed by atoms with E-state index in [0.717, 1.165) is 37.2 Å². The van der Waals surface area contributed by atoms with Gasteiger partial charge in [-0.2, -0.15) is 5.10 Å². The first-order chi connectivity index (χ1) is 11.1. The molecule has 1 aromatic rings. The number of carbonyl (C=O) groups excluding carboxylic acids is 1. The number of nitro benzene ring substituents is 1. The number of fused-ring (bicyclic) bond motifs is 2. The van der Waals surface area contributed by atoms with Gasteiger partial charge < -0.3 is 4.90 Å². The number of amides is 1. The number of benzene rings is 1. The molecule has 7 nitrogen and oxygen atoms in total. The highest BCUT2D eigenvalue weighted by atomic mass is 16.6. The fourth-order valence-corrected chi connectivity index (χ4v) is 4.31. The number of nitrogens with zero attached hydrogens (tertiary/aromatic N) is 3. The lowest BCUT2D eigenvalue weighted by Crippen LogP contribution is -3.20. The van der Waals surface area contributed by atoms with Crippen LogP contribution in [0, 0.1) is 16.0 Å². The molecule has 5 rings (SSSR count). The Hall–Kier alpha value is -2.28. The maximum absolute atomic E-state index is 12.1. The van der Waals surface area contributed by atoms with Crippen LogP contribution in [0.5, 0.6) is 0 Å². The van der Waals surface area contributed by atoms with Gasteiger partial charge in [0.2, 0.25) is 5.91 Å². The van der Waals surface area contributed by atoms with Crippen LogP contribution in [0.1, 0.15) is 31.4 Å². The summed E-state index contributed by atoms with van der Waals surface area (Å²) in [5, 5.41) is 17.1. The van der Waals surface area contributed by atoms with Crippen LogP contribution in [-0.2, 0) is 4.79 Å². The fourth-order valence-electron chi connectivity index (χ4n) is 4.31. The summed E-state index contributed by atoms with van der Waals surface area (Å²) < 4.78 is 0. The molecule has 4 aliphatic heterocycles. The van der Waals surface area contributed by atoms with Crippen molar-refractivity contribution in [1.29, 1.82) is 0 Å². The van der Waals surface area contributed by atoms with Gasteiger partial charge in [-0.25, -0.2) is 5.01 Å². The van der Waals surface area contributed by atoms with Gasteiger partial charge in [-0.05, 0) is 17.7 Å². The Balaban J connectivity index is 1.73. The van der Waals surface area contributed by atoms with Gasteiger partial charge >= 0.3 is 0 Å². The summed E-state index contributed by atoms with van der Waals surface area (Å²) in [6, 6.07) is 6.61. The number of piperidine rings is 3. The van der Waals surface area contributed by atoms with E-state index in [0.29, 0.717) is 5.92 Å². The van der Waals surface area contributed by atoms with Crippen molar-refractivity contribution in [3.8, 4) is 0 Å². The fraction of sp³-hybridized carbons (Fsp3) is 0.500. The molecule has 1 N–H and O–H groups in total. The van der Waals surface area contributed by atoms with Crippen LogP contribution in [0.4, 0.5) is 5.69 Å². The molecular formula is C16H19N4O3+. The maximum Gasteiger partial charge on any atom is 0.269 e. The summed E-state index contributed by atoms with van der Waals surface area (Å²) in [7, 11) is 0. The number of quaternary nitrogens is 1. The molecule has 4 aliphatic rings. The summed E-state index contributed by atoms with van der Waals surface area (Å²) in [6.07, 6.45) is 2.28. The predicted molar refractivity (Wildman–Crippen MR) is 83.0 cm³/mol. The summed E-state index contributed by atoms with van der Waals surface area (Å²) in [5.41, 5.74) is 2.14. The molecule has 0 radical (unpaired) electrons. The number of hydrazone groups is 1. The van der Waals surface area contributed by atoms with E-state index in [-0.39, 0.29) is 23.7 Å². The van der Waals surface area contributed by atoms with E-state index in [1.807, 2.05) is 0 Å². The molecule has 23 heavy (non-hydrogen) atoms.